The summed E-state index contributed by atoms with van der Waals surface area (Å²) in [5.41, 5.74) is 0.637. The third kappa shape index (κ3) is 4.44. The van der Waals surface area contributed by atoms with E-state index in [0.29, 0.717) is 21.9 Å². The van der Waals surface area contributed by atoms with Crippen LogP contribution in [0.5, 0.6) is 11.6 Å². The Bertz CT molecular complexity index is 619. The maximum Gasteiger partial charge on any atom is 0.345 e. The molecule has 1 aromatic carbocycles. The Hall–Kier alpha value is -2.12. The van der Waals surface area contributed by atoms with Crippen LogP contribution in [-0.4, -0.2) is 30.2 Å². The molecule has 6 nitrogen and oxygen atoms in total. The quantitative estimate of drug-likeness (QED) is 0.674. The van der Waals surface area contributed by atoms with Crippen LogP contribution in [0.4, 0.5) is 10.5 Å². The van der Waals surface area contributed by atoms with Crippen LogP contribution < -0.4 is 10.1 Å². The molecule has 0 spiro atoms. The van der Waals surface area contributed by atoms with Crippen LogP contribution in [0.25, 0.3) is 0 Å². The number of hydrogen-bond donors (Lipinski definition) is 1. The lowest BCUT2D eigenvalue weighted by molar-refractivity contribution is -0.0598. The molecule has 0 unspecified atom stereocenters. The maximum absolute atomic E-state index is 11.6. The van der Waals surface area contributed by atoms with E-state index in [1.54, 1.807) is 30.3 Å². The number of hydroxylamine groups is 2. The average Bonchev–Trinajstić information content (AvgIpc) is 2.48. The monoisotopic (exact) mass is 351 g/mol. The van der Waals surface area contributed by atoms with Gasteiger partial charge in [0.2, 0.25) is 5.88 Å². The first-order valence-electron chi connectivity index (χ1n) is 6.08. The molecule has 2 amide bonds. The molecule has 0 radical (unpaired) electrons. The number of hydrogen-bond acceptors (Lipinski definition) is 4. The highest BCUT2D eigenvalue weighted by Crippen LogP contribution is 2.22. The number of carbonyl (C=O) groups excluding carboxylic acids is 1. The number of nitrogens with one attached hydrogen (secondary N) is 1. The summed E-state index contributed by atoms with van der Waals surface area (Å²) in [7, 11) is 2.94. The van der Waals surface area contributed by atoms with Gasteiger partial charge in [-0.15, -0.1) is 0 Å². The third-order valence-corrected chi connectivity index (χ3v) is 3.02. The lowest BCUT2D eigenvalue weighted by Gasteiger charge is -2.14. The lowest BCUT2D eigenvalue weighted by atomic mass is 10.3. The molecule has 1 N–H and O–H groups in total. The largest absolute Gasteiger partial charge is 0.439 e. The van der Waals surface area contributed by atoms with Crippen molar-refractivity contribution < 1.29 is 14.4 Å². The summed E-state index contributed by atoms with van der Waals surface area (Å²) in [6.07, 6.45) is 0. The number of benzene rings is 1. The van der Waals surface area contributed by atoms with Crippen molar-refractivity contribution >= 4 is 27.6 Å². The number of carbonyl (C=O) groups is 1. The Morgan fingerprint density at radius 3 is 2.57 bits per heavy atom. The molecule has 2 rings (SSSR count). The Morgan fingerprint density at radius 2 is 1.95 bits per heavy atom. The van der Waals surface area contributed by atoms with Crippen LogP contribution in [0, 0.1) is 0 Å². The molecule has 7 heteroatoms. The minimum atomic E-state index is -0.361. The number of pyridine rings is 1. The molecule has 110 valence electrons. The third-order valence-electron chi connectivity index (χ3n) is 2.58. The predicted molar refractivity (Wildman–Crippen MR) is 82.2 cm³/mol. The highest BCUT2D eigenvalue weighted by atomic mass is 79.9. The van der Waals surface area contributed by atoms with E-state index in [-0.39, 0.29) is 6.03 Å². The summed E-state index contributed by atoms with van der Waals surface area (Å²) in [6.45, 7) is 0. The minimum absolute atomic E-state index is 0.361. The molecule has 0 saturated heterocycles. The molecule has 0 fully saturated rings. The summed E-state index contributed by atoms with van der Waals surface area (Å²) in [5.74, 6) is 1.11. The van der Waals surface area contributed by atoms with Crippen LogP contribution >= 0.6 is 15.9 Å². The van der Waals surface area contributed by atoms with Gasteiger partial charge in [-0.2, -0.15) is 0 Å². The van der Waals surface area contributed by atoms with E-state index >= 15 is 0 Å². The second kappa shape index (κ2) is 7.05. The van der Waals surface area contributed by atoms with Crippen LogP contribution in [0.2, 0.25) is 0 Å². The van der Waals surface area contributed by atoms with Crippen molar-refractivity contribution in [2.75, 3.05) is 19.5 Å². The molecule has 1 heterocycles. The van der Waals surface area contributed by atoms with Crippen LogP contribution in [0.15, 0.2) is 47.1 Å². The van der Waals surface area contributed by atoms with E-state index in [0.717, 1.165) is 5.06 Å². The van der Waals surface area contributed by atoms with Gasteiger partial charge in [-0.3, -0.25) is 4.84 Å². The number of halogens is 1. The SMILES string of the molecule is CON(C)C(=O)Nc1ccc(Oc2cccc(Br)n2)cc1. The van der Waals surface area contributed by atoms with Crippen LogP contribution in [-0.2, 0) is 4.84 Å². The predicted octanol–water partition coefficient (Wildman–Crippen LogP) is 3.66. The lowest BCUT2D eigenvalue weighted by Crippen LogP contribution is -2.30. The Morgan fingerprint density at radius 1 is 1.24 bits per heavy atom. The first kappa shape index (κ1) is 15.3. The zero-order chi connectivity index (χ0) is 15.2. The van der Waals surface area contributed by atoms with Crippen molar-refractivity contribution in [2.45, 2.75) is 0 Å². The molecular formula is C14H14BrN3O3. The number of rotatable bonds is 4. The van der Waals surface area contributed by atoms with E-state index in [1.807, 2.05) is 12.1 Å². The number of amides is 2. The van der Waals surface area contributed by atoms with Gasteiger partial charge in [0.05, 0.1) is 7.11 Å². The van der Waals surface area contributed by atoms with Gasteiger partial charge in [-0.1, -0.05) is 6.07 Å². The van der Waals surface area contributed by atoms with Gasteiger partial charge in [0.15, 0.2) is 0 Å². The van der Waals surface area contributed by atoms with Crippen molar-refractivity contribution in [3.05, 3.63) is 47.1 Å². The molecule has 21 heavy (non-hydrogen) atoms. The molecule has 2 aromatic rings. The number of anilines is 1. The van der Waals surface area contributed by atoms with Gasteiger partial charge in [-0.05, 0) is 46.3 Å². The summed E-state index contributed by atoms with van der Waals surface area (Å²) in [6, 6.07) is 12.0. The van der Waals surface area contributed by atoms with E-state index in [4.69, 9.17) is 9.57 Å². The number of urea groups is 1. The Kier molecular flexibility index (Phi) is 5.13. The summed E-state index contributed by atoms with van der Waals surface area (Å²) < 4.78 is 6.30. The Labute approximate surface area is 130 Å². The van der Waals surface area contributed by atoms with E-state index < -0.39 is 0 Å². The zero-order valence-electron chi connectivity index (χ0n) is 11.5. The molecule has 0 aliphatic carbocycles. The Balaban J connectivity index is 2.00. The van der Waals surface area contributed by atoms with Gasteiger partial charge in [0.25, 0.3) is 0 Å². The standard InChI is InChI=1S/C14H14BrN3O3/c1-18(20-2)14(19)16-10-6-8-11(9-7-10)21-13-5-3-4-12(15)17-13/h3-9H,1-2H3,(H,16,19). The fourth-order valence-corrected chi connectivity index (χ4v) is 1.79. The normalized spacial score (nSPS) is 10.0. The van der Waals surface area contributed by atoms with Crippen molar-refractivity contribution in [3.63, 3.8) is 0 Å². The number of aromatic nitrogens is 1. The molecule has 0 aliphatic heterocycles. The van der Waals surface area contributed by atoms with Gasteiger partial charge in [0.1, 0.15) is 10.4 Å². The van der Waals surface area contributed by atoms with Crippen molar-refractivity contribution in [2.24, 2.45) is 0 Å². The van der Waals surface area contributed by atoms with Gasteiger partial charge < -0.3 is 10.1 Å². The number of nitrogens with zero attached hydrogens (tertiary/aromatic N) is 2. The van der Waals surface area contributed by atoms with Crippen LogP contribution in [0.3, 0.4) is 0 Å². The highest BCUT2D eigenvalue weighted by molar-refractivity contribution is 9.10. The van der Waals surface area contributed by atoms with Gasteiger partial charge in [0, 0.05) is 18.8 Å². The average molecular weight is 352 g/mol. The summed E-state index contributed by atoms with van der Waals surface area (Å²) in [5, 5.41) is 3.77. The molecule has 0 saturated carbocycles. The second-order valence-electron chi connectivity index (χ2n) is 4.04. The maximum atomic E-state index is 11.6. The molecule has 0 bridgehead atoms. The molecule has 1 aromatic heterocycles. The minimum Gasteiger partial charge on any atom is -0.439 e. The topological polar surface area (TPSA) is 63.7 Å². The van der Waals surface area contributed by atoms with E-state index in [1.165, 1.54) is 14.2 Å². The molecule has 0 atom stereocenters. The zero-order valence-corrected chi connectivity index (χ0v) is 13.1. The van der Waals surface area contributed by atoms with Crippen LogP contribution in [0.1, 0.15) is 0 Å². The van der Waals surface area contributed by atoms with Gasteiger partial charge in [-0.25, -0.2) is 14.8 Å². The smallest absolute Gasteiger partial charge is 0.345 e. The van der Waals surface area contributed by atoms with Crippen molar-refractivity contribution in [1.82, 2.24) is 10.0 Å². The second-order valence-corrected chi connectivity index (χ2v) is 4.85. The van der Waals surface area contributed by atoms with E-state index in [2.05, 4.69) is 26.2 Å². The number of ether oxygens (including phenoxy) is 1. The molecule has 0 aliphatic rings. The summed E-state index contributed by atoms with van der Waals surface area (Å²) in [4.78, 5) is 20.6. The molecular weight excluding hydrogens is 338 g/mol. The first-order chi connectivity index (χ1) is 10.1. The fourth-order valence-electron chi connectivity index (χ4n) is 1.46. The fraction of sp³-hybridized carbons (Fsp3) is 0.143. The summed E-state index contributed by atoms with van der Waals surface area (Å²) >= 11 is 3.28. The highest BCUT2D eigenvalue weighted by Gasteiger charge is 2.07. The first-order valence-corrected chi connectivity index (χ1v) is 6.87. The van der Waals surface area contributed by atoms with Crippen molar-refractivity contribution in [3.8, 4) is 11.6 Å². The van der Waals surface area contributed by atoms with Crippen molar-refractivity contribution in [1.29, 1.82) is 0 Å². The van der Waals surface area contributed by atoms with E-state index in [9.17, 15) is 4.79 Å². The van der Waals surface area contributed by atoms with Gasteiger partial charge >= 0.3 is 6.03 Å².